The van der Waals surface area contributed by atoms with Crippen LogP contribution in [0.5, 0.6) is 0 Å². The van der Waals surface area contributed by atoms with Crippen molar-refractivity contribution in [1.82, 2.24) is 15.6 Å². The number of aliphatic imine (C=N–C) groups is 1. The van der Waals surface area contributed by atoms with Crippen molar-refractivity contribution in [3.05, 3.63) is 53.2 Å². The number of carbonyl (C=O) groups is 1. The van der Waals surface area contributed by atoms with Crippen LogP contribution in [0.1, 0.15) is 18.4 Å². The van der Waals surface area contributed by atoms with E-state index in [0.29, 0.717) is 11.0 Å². The van der Waals surface area contributed by atoms with Gasteiger partial charge in [-0.05, 0) is 43.0 Å². The van der Waals surface area contributed by atoms with Crippen molar-refractivity contribution in [1.29, 1.82) is 0 Å². The lowest BCUT2D eigenvalue weighted by Gasteiger charge is -2.29. The lowest BCUT2D eigenvalue weighted by atomic mass is 10.0. The Kier molecular flexibility index (Phi) is 6.38. The molecule has 2 N–H and O–H groups in total. The molecular formula is C22H27ClN6O. The number of nitrogens with one attached hydrogen (secondary N) is 2. The number of aromatic nitrogens is 1. The first-order valence-corrected chi connectivity index (χ1v) is 10.7. The first kappa shape index (κ1) is 20.5. The number of aryl methyl sites for hydroxylation is 1. The summed E-state index contributed by atoms with van der Waals surface area (Å²) >= 11 is 6.28. The normalized spacial score (nSPS) is 18.9. The number of pyridine rings is 1. The van der Waals surface area contributed by atoms with Gasteiger partial charge in [0.2, 0.25) is 5.91 Å². The Morgan fingerprint density at radius 3 is 2.97 bits per heavy atom. The van der Waals surface area contributed by atoms with Crippen molar-refractivity contribution in [2.24, 2.45) is 4.99 Å². The van der Waals surface area contributed by atoms with E-state index >= 15 is 0 Å². The smallest absolute Gasteiger partial charge is 0.246 e. The van der Waals surface area contributed by atoms with Gasteiger partial charge in [0.1, 0.15) is 5.82 Å². The quantitative estimate of drug-likeness (QED) is 0.580. The molecule has 2 aliphatic heterocycles. The molecule has 158 valence electrons. The Hall–Kier alpha value is -2.80. The van der Waals surface area contributed by atoms with Gasteiger partial charge in [0.25, 0.3) is 0 Å². The molecule has 1 fully saturated rings. The Morgan fingerprint density at radius 1 is 1.27 bits per heavy atom. The van der Waals surface area contributed by atoms with Gasteiger partial charge in [-0.15, -0.1) is 0 Å². The standard InChI is InChI=1S/C22H27ClN6O/c1-24-22(27-17-10-13-28(15-17)21-18(23)8-4-11-25-21)26-14-20(30)29-12-5-7-16-6-2-3-9-19(16)29/h2-4,6,8-9,11,17H,5,7,10,12-15H2,1H3,(H2,24,26,27). The Balaban J connectivity index is 1.31. The molecule has 0 spiro atoms. The molecule has 2 aliphatic rings. The number of anilines is 2. The van der Waals surface area contributed by atoms with Crippen LogP contribution in [0.3, 0.4) is 0 Å². The summed E-state index contributed by atoms with van der Waals surface area (Å²) in [5.74, 6) is 1.50. The Bertz CT molecular complexity index is 933. The molecule has 0 radical (unpaired) electrons. The van der Waals surface area contributed by atoms with E-state index in [4.69, 9.17) is 11.6 Å². The van der Waals surface area contributed by atoms with Crippen LogP contribution in [-0.4, -0.2) is 56.1 Å². The summed E-state index contributed by atoms with van der Waals surface area (Å²) in [6.45, 7) is 2.61. The predicted molar refractivity (Wildman–Crippen MR) is 121 cm³/mol. The molecule has 1 unspecified atom stereocenters. The van der Waals surface area contributed by atoms with Crippen molar-refractivity contribution >= 4 is 35.0 Å². The molecule has 2 aromatic rings. The van der Waals surface area contributed by atoms with Gasteiger partial charge in [-0.25, -0.2) is 4.98 Å². The van der Waals surface area contributed by atoms with E-state index in [1.165, 1.54) is 5.56 Å². The summed E-state index contributed by atoms with van der Waals surface area (Å²) < 4.78 is 0. The number of rotatable bonds is 4. The zero-order valence-electron chi connectivity index (χ0n) is 17.1. The first-order chi connectivity index (χ1) is 14.7. The summed E-state index contributed by atoms with van der Waals surface area (Å²) in [5.41, 5.74) is 2.26. The highest BCUT2D eigenvalue weighted by molar-refractivity contribution is 6.32. The topological polar surface area (TPSA) is 72.9 Å². The molecule has 1 amide bonds. The number of hydrogen-bond acceptors (Lipinski definition) is 4. The van der Waals surface area contributed by atoms with Gasteiger partial charge >= 0.3 is 0 Å². The van der Waals surface area contributed by atoms with Gasteiger partial charge < -0.3 is 20.4 Å². The number of nitrogens with zero attached hydrogens (tertiary/aromatic N) is 4. The van der Waals surface area contributed by atoms with E-state index in [1.807, 2.05) is 35.2 Å². The second-order valence-corrected chi connectivity index (χ2v) is 8.00. The second kappa shape index (κ2) is 9.34. The minimum Gasteiger partial charge on any atom is -0.353 e. The van der Waals surface area contributed by atoms with Gasteiger partial charge in [-0.1, -0.05) is 29.8 Å². The third-order valence-corrected chi connectivity index (χ3v) is 5.90. The number of hydrogen-bond donors (Lipinski definition) is 2. The van der Waals surface area contributed by atoms with Crippen LogP contribution in [-0.2, 0) is 11.2 Å². The number of halogens is 1. The molecule has 1 saturated heterocycles. The number of benzene rings is 1. The number of carbonyl (C=O) groups excluding carboxylic acids is 1. The van der Waals surface area contributed by atoms with E-state index < -0.39 is 0 Å². The fourth-order valence-electron chi connectivity index (χ4n) is 4.12. The van der Waals surface area contributed by atoms with E-state index in [0.717, 1.165) is 50.4 Å². The Labute approximate surface area is 182 Å². The maximum absolute atomic E-state index is 12.8. The molecule has 1 aromatic heterocycles. The number of para-hydroxylation sites is 1. The highest BCUT2D eigenvalue weighted by atomic mass is 35.5. The highest BCUT2D eigenvalue weighted by Crippen LogP contribution is 2.27. The zero-order valence-corrected chi connectivity index (χ0v) is 17.9. The number of amides is 1. The van der Waals surface area contributed by atoms with Crippen LogP contribution in [0.2, 0.25) is 5.02 Å². The average molecular weight is 427 g/mol. The minimum atomic E-state index is 0.0541. The maximum Gasteiger partial charge on any atom is 0.246 e. The van der Waals surface area contributed by atoms with Crippen molar-refractivity contribution in [2.75, 3.05) is 43.0 Å². The maximum atomic E-state index is 12.8. The largest absolute Gasteiger partial charge is 0.353 e. The lowest BCUT2D eigenvalue weighted by Crippen LogP contribution is -2.49. The van der Waals surface area contributed by atoms with Crippen molar-refractivity contribution in [2.45, 2.75) is 25.3 Å². The summed E-state index contributed by atoms with van der Waals surface area (Å²) in [6.07, 6.45) is 4.71. The summed E-state index contributed by atoms with van der Waals surface area (Å²) in [7, 11) is 1.72. The fourth-order valence-corrected chi connectivity index (χ4v) is 4.36. The average Bonchev–Trinajstić information content (AvgIpc) is 3.24. The molecule has 1 atom stereocenters. The summed E-state index contributed by atoms with van der Waals surface area (Å²) in [5, 5.41) is 7.26. The van der Waals surface area contributed by atoms with Crippen LogP contribution in [0.25, 0.3) is 0 Å². The van der Waals surface area contributed by atoms with Crippen molar-refractivity contribution in [3.63, 3.8) is 0 Å². The minimum absolute atomic E-state index is 0.0541. The van der Waals surface area contributed by atoms with Crippen molar-refractivity contribution < 1.29 is 4.79 Å². The molecule has 8 heteroatoms. The zero-order chi connectivity index (χ0) is 20.9. The first-order valence-electron chi connectivity index (χ1n) is 10.4. The van der Waals surface area contributed by atoms with Crippen LogP contribution in [0, 0.1) is 0 Å². The predicted octanol–water partition coefficient (Wildman–Crippen LogP) is 2.46. The van der Waals surface area contributed by atoms with Crippen molar-refractivity contribution in [3.8, 4) is 0 Å². The third kappa shape index (κ3) is 4.51. The molecule has 30 heavy (non-hydrogen) atoms. The van der Waals surface area contributed by atoms with Crippen LogP contribution < -0.4 is 20.4 Å². The molecule has 0 aliphatic carbocycles. The van der Waals surface area contributed by atoms with Crippen LogP contribution in [0.15, 0.2) is 47.6 Å². The molecule has 0 bridgehead atoms. The van der Waals surface area contributed by atoms with E-state index in [1.54, 1.807) is 13.2 Å². The van der Waals surface area contributed by atoms with Crippen LogP contribution >= 0.6 is 11.6 Å². The lowest BCUT2D eigenvalue weighted by molar-refractivity contribution is -0.117. The SMILES string of the molecule is CN=C(NCC(=O)N1CCCc2ccccc21)NC1CCN(c2ncccc2Cl)C1. The van der Waals surface area contributed by atoms with E-state index in [-0.39, 0.29) is 18.5 Å². The van der Waals surface area contributed by atoms with Gasteiger partial charge in [-0.3, -0.25) is 9.79 Å². The van der Waals surface area contributed by atoms with Crippen LogP contribution in [0.4, 0.5) is 11.5 Å². The van der Waals surface area contributed by atoms with Gasteiger partial charge in [0, 0.05) is 44.6 Å². The molecule has 4 rings (SSSR count). The summed E-state index contributed by atoms with van der Waals surface area (Å²) in [6, 6.07) is 12.0. The summed E-state index contributed by atoms with van der Waals surface area (Å²) in [4.78, 5) is 25.6. The molecule has 3 heterocycles. The molecule has 7 nitrogen and oxygen atoms in total. The van der Waals surface area contributed by atoms with E-state index in [2.05, 4.69) is 31.6 Å². The number of fused-ring (bicyclic) bond motifs is 1. The monoisotopic (exact) mass is 426 g/mol. The van der Waals surface area contributed by atoms with Gasteiger partial charge in [0.15, 0.2) is 5.96 Å². The third-order valence-electron chi connectivity index (χ3n) is 5.61. The second-order valence-electron chi connectivity index (χ2n) is 7.59. The Morgan fingerprint density at radius 2 is 2.13 bits per heavy atom. The highest BCUT2D eigenvalue weighted by Gasteiger charge is 2.26. The van der Waals surface area contributed by atoms with E-state index in [9.17, 15) is 4.79 Å². The number of guanidine groups is 1. The van der Waals surface area contributed by atoms with Gasteiger partial charge in [0.05, 0.1) is 11.6 Å². The molecule has 0 saturated carbocycles. The molecule has 1 aromatic carbocycles. The fraction of sp³-hybridized carbons (Fsp3) is 0.409. The van der Waals surface area contributed by atoms with Gasteiger partial charge in [-0.2, -0.15) is 0 Å². The molecular weight excluding hydrogens is 400 g/mol.